The SMILES string of the molecule is O=C[C@](CO)(CCCCNC(=O)[C@H](CCCCNC(=O)COCCOCCNC(=O)COCCOCCNC(=O)CC[C@H](NC(=O)C1CCC(CNC(=O)CCCCCCCCCCCCCCCCCCC(=O)O)CC1)C(=O)O)NC(=O)COCCOCCNC(=O)COCCOCCNC(=O)CC[C@H](NC(=O)C1CCC(CNC(=O)CCCCCCCCCCCCCCCCCCC(=O)O)CC1)C(=O)O)NS. The van der Waals surface area contributed by atoms with Crippen LogP contribution in [0.2, 0.25) is 0 Å². The fourth-order valence-corrected chi connectivity index (χ4v) is 17.2. The van der Waals surface area contributed by atoms with Crippen LogP contribution in [0.4, 0.5) is 0 Å². The van der Waals surface area contributed by atoms with Gasteiger partial charge in [-0.15, -0.1) is 0 Å². The van der Waals surface area contributed by atoms with Gasteiger partial charge in [0.25, 0.3) is 0 Å². The molecule has 0 spiro atoms. The molecule has 0 saturated heterocycles. The van der Waals surface area contributed by atoms with E-state index in [9.17, 15) is 92.0 Å². The molecule has 0 heterocycles. The Balaban J connectivity index is 1.47. The van der Waals surface area contributed by atoms with Crippen molar-refractivity contribution in [2.45, 2.75) is 370 Å². The minimum Gasteiger partial charge on any atom is -0.481 e. The summed E-state index contributed by atoms with van der Waals surface area (Å²) in [6, 6.07) is -3.43. The second kappa shape index (κ2) is 91.9. The van der Waals surface area contributed by atoms with Crippen molar-refractivity contribution >= 4 is 108 Å². The zero-order valence-electron chi connectivity index (χ0n) is 87.0. The lowest BCUT2D eigenvalue weighted by Gasteiger charge is -2.28. The van der Waals surface area contributed by atoms with Crippen LogP contribution in [0.1, 0.15) is 347 Å². The average molecular weight is 2090 g/mol. The highest BCUT2D eigenvalue weighted by atomic mass is 32.1. The summed E-state index contributed by atoms with van der Waals surface area (Å²) in [7, 11) is 0. The molecule has 836 valence electrons. The maximum Gasteiger partial charge on any atom is 0.326 e. The Morgan fingerprint density at radius 3 is 0.876 bits per heavy atom. The van der Waals surface area contributed by atoms with E-state index in [0.29, 0.717) is 83.6 Å². The summed E-state index contributed by atoms with van der Waals surface area (Å²) in [6.07, 6.45) is 46.0. The molecule has 0 radical (unpaired) electrons. The molecule has 0 bridgehead atoms. The van der Waals surface area contributed by atoms with E-state index in [1.54, 1.807) is 0 Å². The van der Waals surface area contributed by atoms with Gasteiger partial charge in [0.15, 0.2) is 0 Å². The molecule has 0 aromatic carbocycles. The Labute approximate surface area is 865 Å². The maximum atomic E-state index is 13.4. The van der Waals surface area contributed by atoms with E-state index >= 15 is 0 Å². The Bertz CT molecular complexity index is 3490. The molecule has 4 atom stereocenters. The number of amides is 11. The molecule has 0 aliphatic heterocycles. The van der Waals surface area contributed by atoms with E-state index in [1.807, 2.05) is 0 Å². The lowest BCUT2D eigenvalue weighted by molar-refractivity contribution is -0.143. The number of nitrogens with one attached hydrogen (secondary N) is 12. The number of carboxylic acids is 4. The highest BCUT2D eigenvalue weighted by Gasteiger charge is 2.33. The zero-order chi connectivity index (χ0) is 106. The lowest BCUT2D eigenvalue weighted by Crippen LogP contribution is -2.48. The molecule has 17 N–H and O–H groups in total. The van der Waals surface area contributed by atoms with Crippen molar-refractivity contribution in [3.63, 3.8) is 0 Å². The smallest absolute Gasteiger partial charge is 0.326 e. The number of rotatable bonds is 101. The van der Waals surface area contributed by atoms with Crippen molar-refractivity contribution in [2.24, 2.45) is 23.7 Å². The molecule has 145 heavy (non-hydrogen) atoms. The summed E-state index contributed by atoms with van der Waals surface area (Å²) >= 11 is 3.95. The Morgan fingerprint density at radius 2 is 0.566 bits per heavy atom. The van der Waals surface area contributed by atoms with Crippen LogP contribution in [0.3, 0.4) is 0 Å². The molecule has 41 nitrogen and oxygen atoms in total. The first kappa shape index (κ1) is 133. The molecular weight excluding hydrogens is 1900 g/mol. The maximum absolute atomic E-state index is 13.4. The van der Waals surface area contributed by atoms with Gasteiger partial charge in [-0.2, -0.15) is 0 Å². The highest BCUT2D eigenvalue weighted by molar-refractivity contribution is 7.78. The molecule has 42 heteroatoms. The Hall–Kier alpha value is -8.33. The number of aliphatic hydroxyl groups excluding tert-OH is 1. The average Bonchev–Trinajstić information content (AvgIpc) is 0.870. The number of unbranched alkanes of at least 4 members (excludes halogenated alkanes) is 32. The molecule has 0 aromatic rings. The number of ether oxygens (including phenoxy) is 8. The van der Waals surface area contributed by atoms with Gasteiger partial charge in [-0.25, -0.2) is 9.59 Å². The van der Waals surface area contributed by atoms with Crippen LogP contribution in [-0.4, -0.2) is 309 Å². The third-order valence-electron chi connectivity index (χ3n) is 25.9. The molecule has 2 fully saturated rings. The number of aliphatic hydroxyl groups is 1. The lowest BCUT2D eigenvalue weighted by atomic mass is 9.81. The minimum atomic E-state index is -1.24. The van der Waals surface area contributed by atoms with Crippen molar-refractivity contribution in [1.29, 1.82) is 0 Å². The summed E-state index contributed by atoms with van der Waals surface area (Å²) in [5.74, 6) is -7.74. The van der Waals surface area contributed by atoms with Gasteiger partial charge < -0.3 is 127 Å². The van der Waals surface area contributed by atoms with Crippen LogP contribution in [0.15, 0.2) is 0 Å². The number of hydrogen-bond donors (Lipinski definition) is 18. The van der Waals surface area contributed by atoms with Crippen LogP contribution >= 0.6 is 12.8 Å². The summed E-state index contributed by atoms with van der Waals surface area (Å²) < 4.78 is 46.1. The number of thiol groups is 1. The van der Waals surface area contributed by atoms with Gasteiger partial charge in [0.1, 0.15) is 56.4 Å². The normalized spacial score (nSPS) is 15.5. The fourth-order valence-electron chi connectivity index (χ4n) is 17.0. The Morgan fingerprint density at radius 1 is 0.283 bits per heavy atom. The molecule has 2 saturated carbocycles. The van der Waals surface area contributed by atoms with Gasteiger partial charge in [0.05, 0.1) is 85.9 Å². The number of aldehydes is 1. The quantitative estimate of drug-likeness (QED) is 0.0154. The number of carbonyl (C=O) groups excluding carboxylic acids is 12. The second-order valence-corrected chi connectivity index (χ2v) is 38.6. The molecule has 0 aromatic heterocycles. The third-order valence-corrected chi connectivity index (χ3v) is 26.4. The molecule has 11 amide bonds. The van der Waals surface area contributed by atoms with Crippen molar-refractivity contribution in [2.75, 3.05) is 165 Å². The topological polar surface area (TPSA) is 592 Å². The fraction of sp³-hybridized carbons (Fsp3) is 0.845. The van der Waals surface area contributed by atoms with Crippen molar-refractivity contribution in [3.05, 3.63) is 0 Å². The van der Waals surface area contributed by atoms with Gasteiger partial charge >= 0.3 is 23.9 Å². The van der Waals surface area contributed by atoms with Crippen LogP contribution in [-0.2, 0) is 115 Å². The first-order valence-electron chi connectivity index (χ1n) is 54.3. The molecular formula is C103H184N12O29S. The van der Waals surface area contributed by atoms with Gasteiger partial charge in [-0.05, 0) is 140 Å². The highest BCUT2D eigenvalue weighted by Crippen LogP contribution is 2.31. The van der Waals surface area contributed by atoms with Crippen molar-refractivity contribution < 1.29 is 140 Å². The summed E-state index contributed by atoms with van der Waals surface area (Å²) in [4.78, 5) is 197. The van der Waals surface area contributed by atoms with E-state index in [1.165, 1.54) is 128 Å². The van der Waals surface area contributed by atoms with Crippen LogP contribution in [0.25, 0.3) is 0 Å². The van der Waals surface area contributed by atoms with Gasteiger partial charge in [-0.1, -0.05) is 193 Å². The van der Waals surface area contributed by atoms with Gasteiger partial charge in [-0.3, -0.25) is 67.1 Å². The molecule has 0 unspecified atom stereocenters. The van der Waals surface area contributed by atoms with Gasteiger partial charge in [0.2, 0.25) is 65.0 Å². The second-order valence-electron chi connectivity index (χ2n) is 38.3. The van der Waals surface area contributed by atoms with Crippen LogP contribution in [0, 0.1) is 23.7 Å². The van der Waals surface area contributed by atoms with Crippen LogP contribution in [0.5, 0.6) is 0 Å². The first-order valence-corrected chi connectivity index (χ1v) is 54.8. The first-order chi connectivity index (χ1) is 70.3. The monoisotopic (exact) mass is 2090 g/mol. The van der Waals surface area contributed by atoms with E-state index in [0.717, 1.165) is 103 Å². The molecule has 2 aliphatic carbocycles. The molecule has 2 aliphatic rings. The van der Waals surface area contributed by atoms with Crippen LogP contribution < -0.4 is 63.2 Å². The van der Waals surface area contributed by atoms with Gasteiger partial charge in [0, 0.05) is 103 Å². The minimum absolute atomic E-state index is 0.0135. The van der Waals surface area contributed by atoms with E-state index < -0.39 is 90.3 Å². The summed E-state index contributed by atoms with van der Waals surface area (Å²) in [6.45, 7) is 1.86. The Kier molecular flexibility index (Phi) is 84.1. The van der Waals surface area contributed by atoms with Crippen molar-refractivity contribution in [3.8, 4) is 0 Å². The number of aliphatic carboxylic acids is 4. The molecule has 2 rings (SSSR count). The third kappa shape index (κ3) is 78.6. The van der Waals surface area contributed by atoms with E-state index in [-0.39, 0.29) is 249 Å². The predicted octanol–water partition coefficient (Wildman–Crippen LogP) is 8.76. The largest absolute Gasteiger partial charge is 0.481 e. The summed E-state index contributed by atoms with van der Waals surface area (Å²) in [5.41, 5.74) is -1.23. The van der Waals surface area contributed by atoms with E-state index in [4.69, 9.17) is 48.1 Å². The standard InChI is InChI=1S/C103H184N12O29S/c116-79-103(80-117,115-145)54-34-36-56-109-100(132)85(112-95(125)78-144-72-68-140-64-60-108-94(124)77-143-71-66-138-62-58-106-91(121)53-51-87(102(135)136)114-99(131)84-48-44-82(45-49-84)74-111-89(119)39-30-26-22-18-14-10-6-2-4-8-12-16-20-24-28-32-41-97(128)129)37-33-35-55-104-92(122)75-141-69-67-139-63-59-107-93(123)76-142-70-65-137-61-57-105-90(120)52-50-86(101(133)134)113-98(130)83-46-42-81(43-47-83)73-110-88(118)38-29-25-21-17-13-9-5-1-3-7-11-15-19-23-27-31-40-96(126)127/h79,81-87,115,117,145H,1-78,80H2,(H,104,122)(H,105,120)(H,106,121)(H,107,123)(H,108,124)(H,109,132)(H,110,118)(H,111,119)(H,112,125)(H,113,130)(H,114,131)(H,126,127)(H,128,129)(H,133,134)(H,135,136)/t81?,82?,83?,84?,85-,86-,87-,103-/m0/s1. The number of carboxylic acid groups (broad SMARTS) is 4. The number of carbonyl (C=O) groups is 16. The predicted molar refractivity (Wildman–Crippen MR) is 548 cm³/mol. The zero-order valence-corrected chi connectivity index (χ0v) is 87.9. The summed E-state index contributed by atoms with van der Waals surface area (Å²) in [5, 5.41) is 77.0. The van der Waals surface area contributed by atoms with E-state index in [2.05, 4.69) is 76.0 Å². The van der Waals surface area contributed by atoms with Crippen molar-refractivity contribution in [1.82, 2.24) is 63.2 Å². The number of hydrogen-bond acceptors (Lipinski definition) is 27.